The number of anilines is 1. The highest BCUT2D eigenvalue weighted by atomic mass is 16.4. The number of carboxylic acids is 1. The Hall–Kier alpha value is -2.04. The fraction of sp³-hybridized carbons (Fsp3) is 0.556. The van der Waals surface area contributed by atoms with Crippen LogP contribution in [0.5, 0.6) is 0 Å². The second-order valence-electron chi connectivity index (χ2n) is 6.44. The largest absolute Gasteiger partial charge is 0.481 e. The van der Waals surface area contributed by atoms with Crippen LogP contribution < -0.4 is 5.01 Å². The van der Waals surface area contributed by atoms with E-state index in [0.29, 0.717) is 18.5 Å². The van der Waals surface area contributed by atoms with Gasteiger partial charge in [0, 0.05) is 13.0 Å². The highest BCUT2D eigenvalue weighted by molar-refractivity contribution is 5.82. The molecular formula is C18H24N2O3. The van der Waals surface area contributed by atoms with Crippen LogP contribution in [0.2, 0.25) is 0 Å². The number of carbonyl (C=O) groups is 2. The average Bonchev–Trinajstić information content (AvgIpc) is 3.00. The second kappa shape index (κ2) is 6.60. The highest BCUT2D eigenvalue weighted by Crippen LogP contribution is 2.42. The molecule has 0 bridgehead atoms. The number of fused-ring (bicyclic) bond motifs is 2. The number of para-hydroxylation sites is 1. The molecule has 1 amide bonds. The predicted octanol–water partition coefficient (Wildman–Crippen LogP) is 2.85. The fourth-order valence-electron chi connectivity index (χ4n) is 4.05. The zero-order valence-electron chi connectivity index (χ0n) is 13.6. The van der Waals surface area contributed by atoms with E-state index in [1.807, 2.05) is 13.0 Å². The standard InChI is InChI=1S/C18H24N2O3/c1-2-19(17(21)10-11-18(22)23)20-15-8-4-3-6-13(15)12-14-7-5-9-16(14)20/h3-4,6,8,14,16H,2,5,7,9-12H2,1H3,(H,22,23)/t14-,16-/m1/s1. The first-order valence-electron chi connectivity index (χ1n) is 8.51. The molecule has 5 nitrogen and oxygen atoms in total. The lowest BCUT2D eigenvalue weighted by Crippen LogP contribution is -2.55. The minimum Gasteiger partial charge on any atom is -0.481 e. The number of hydrogen-bond donors (Lipinski definition) is 1. The number of carbonyl (C=O) groups excluding carboxylic acids is 1. The lowest BCUT2D eigenvalue weighted by molar-refractivity contribution is -0.141. The van der Waals surface area contributed by atoms with Crippen LogP contribution in [0.1, 0.15) is 44.6 Å². The topological polar surface area (TPSA) is 60.9 Å². The summed E-state index contributed by atoms with van der Waals surface area (Å²) in [5.74, 6) is -0.435. The smallest absolute Gasteiger partial charge is 0.303 e. The van der Waals surface area contributed by atoms with Crippen molar-refractivity contribution in [3.05, 3.63) is 29.8 Å². The average molecular weight is 316 g/mol. The molecule has 2 aliphatic rings. The normalized spacial score (nSPS) is 22.4. The first kappa shape index (κ1) is 15.8. The van der Waals surface area contributed by atoms with Crippen molar-refractivity contribution in [1.82, 2.24) is 5.01 Å². The lowest BCUT2D eigenvalue weighted by Gasteiger charge is -2.46. The number of hydrazine groups is 1. The van der Waals surface area contributed by atoms with Crippen molar-refractivity contribution in [2.24, 2.45) is 5.92 Å². The summed E-state index contributed by atoms with van der Waals surface area (Å²) in [5, 5.41) is 12.8. The Morgan fingerprint density at radius 3 is 2.78 bits per heavy atom. The molecule has 0 radical (unpaired) electrons. The van der Waals surface area contributed by atoms with Gasteiger partial charge in [-0.15, -0.1) is 0 Å². The van der Waals surface area contributed by atoms with Crippen molar-refractivity contribution in [3.63, 3.8) is 0 Å². The Morgan fingerprint density at radius 2 is 2.04 bits per heavy atom. The van der Waals surface area contributed by atoms with E-state index in [1.165, 1.54) is 18.4 Å². The zero-order chi connectivity index (χ0) is 16.4. The van der Waals surface area contributed by atoms with E-state index in [0.717, 1.165) is 18.5 Å². The molecule has 0 saturated heterocycles. The Bertz CT molecular complexity index is 602. The van der Waals surface area contributed by atoms with Crippen LogP contribution in [0, 0.1) is 5.92 Å². The Morgan fingerprint density at radius 1 is 1.26 bits per heavy atom. The van der Waals surface area contributed by atoms with E-state index in [2.05, 4.69) is 23.2 Å². The third-order valence-corrected chi connectivity index (χ3v) is 5.05. The number of benzene rings is 1. The van der Waals surface area contributed by atoms with Gasteiger partial charge in [-0.2, -0.15) is 0 Å². The number of amides is 1. The first-order valence-corrected chi connectivity index (χ1v) is 8.51. The maximum atomic E-state index is 12.6. The maximum Gasteiger partial charge on any atom is 0.303 e. The van der Waals surface area contributed by atoms with E-state index in [4.69, 9.17) is 5.11 Å². The summed E-state index contributed by atoms with van der Waals surface area (Å²) in [7, 11) is 0. The van der Waals surface area contributed by atoms with Crippen LogP contribution >= 0.6 is 0 Å². The van der Waals surface area contributed by atoms with Crippen molar-refractivity contribution in [1.29, 1.82) is 0 Å². The highest BCUT2D eigenvalue weighted by Gasteiger charge is 2.40. The van der Waals surface area contributed by atoms with Gasteiger partial charge >= 0.3 is 5.97 Å². The zero-order valence-corrected chi connectivity index (χ0v) is 13.6. The summed E-state index contributed by atoms with van der Waals surface area (Å²) in [4.78, 5) is 23.4. The summed E-state index contributed by atoms with van der Waals surface area (Å²) in [6.07, 6.45) is 4.52. The van der Waals surface area contributed by atoms with Crippen LogP contribution in [0.4, 0.5) is 5.69 Å². The van der Waals surface area contributed by atoms with Gasteiger partial charge in [0.2, 0.25) is 5.91 Å². The fourth-order valence-corrected chi connectivity index (χ4v) is 4.05. The molecule has 1 N–H and O–H groups in total. The molecule has 3 rings (SSSR count). The van der Waals surface area contributed by atoms with Crippen LogP contribution in [0.3, 0.4) is 0 Å². The van der Waals surface area contributed by atoms with Crippen molar-refractivity contribution in [2.75, 3.05) is 11.6 Å². The quantitative estimate of drug-likeness (QED) is 0.907. The molecular weight excluding hydrogens is 292 g/mol. The first-order chi connectivity index (χ1) is 11.1. The summed E-state index contributed by atoms with van der Waals surface area (Å²) >= 11 is 0. The van der Waals surface area contributed by atoms with Gasteiger partial charge in [0.15, 0.2) is 0 Å². The number of hydrogen-bond acceptors (Lipinski definition) is 3. The number of rotatable bonds is 5. The van der Waals surface area contributed by atoms with Crippen LogP contribution in [-0.4, -0.2) is 34.6 Å². The van der Waals surface area contributed by atoms with E-state index in [9.17, 15) is 9.59 Å². The van der Waals surface area contributed by atoms with Crippen molar-refractivity contribution in [2.45, 2.75) is 51.5 Å². The molecule has 1 aromatic rings. The van der Waals surface area contributed by atoms with Crippen molar-refractivity contribution in [3.8, 4) is 0 Å². The molecule has 1 aromatic carbocycles. The molecule has 1 fully saturated rings. The third-order valence-electron chi connectivity index (χ3n) is 5.05. The van der Waals surface area contributed by atoms with Gasteiger partial charge in [0.25, 0.3) is 0 Å². The summed E-state index contributed by atoms with van der Waals surface area (Å²) in [6, 6.07) is 8.65. The summed E-state index contributed by atoms with van der Waals surface area (Å²) in [5.41, 5.74) is 2.40. The minimum atomic E-state index is -0.924. The predicted molar refractivity (Wildman–Crippen MR) is 88.0 cm³/mol. The maximum absolute atomic E-state index is 12.6. The van der Waals surface area contributed by atoms with Crippen LogP contribution in [0.15, 0.2) is 24.3 Å². The molecule has 124 valence electrons. The monoisotopic (exact) mass is 316 g/mol. The SMILES string of the molecule is CCN(C(=O)CCC(=O)O)N1c2ccccc2C[C@H]2CCC[C@H]21. The van der Waals surface area contributed by atoms with Crippen LogP contribution in [-0.2, 0) is 16.0 Å². The molecule has 1 aliphatic carbocycles. The molecule has 0 spiro atoms. The molecule has 5 heteroatoms. The molecule has 2 atom stereocenters. The van der Waals surface area contributed by atoms with Gasteiger partial charge in [-0.1, -0.05) is 24.6 Å². The molecule has 0 unspecified atom stereocenters. The molecule has 23 heavy (non-hydrogen) atoms. The van der Waals surface area contributed by atoms with E-state index in [-0.39, 0.29) is 18.7 Å². The Balaban J connectivity index is 1.90. The number of carboxylic acid groups (broad SMARTS) is 1. The van der Waals surface area contributed by atoms with E-state index >= 15 is 0 Å². The van der Waals surface area contributed by atoms with Gasteiger partial charge in [-0.05, 0) is 43.7 Å². The molecule has 0 aromatic heterocycles. The van der Waals surface area contributed by atoms with E-state index < -0.39 is 5.97 Å². The lowest BCUT2D eigenvalue weighted by atomic mass is 9.88. The molecule has 1 aliphatic heterocycles. The Labute approximate surface area is 136 Å². The van der Waals surface area contributed by atoms with Gasteiger partial charge in [-0.25, -0.2) is 0 Å². The van der Waals surface area contributed by atoms with Gasteiger partial charge < -0.3 is 5.11 Å². The number of aliphatic carboxylic acids is 1. The van der Waals surface area contributed by atoms with E-state index in [1.54, 1.807) is 5.01 Å². The van der Waals surface area contributed by atoms with Gasteiger partial charge in [0.1, 0.15) is 0 Å². The second-order valence-corrected chi connectivity index (χ2v) is 6.44. The molecule has 1 saturated carbocycles. The van der Waals surface area contributed by atoms with Gasteiger partial charge in [-0.3, -0.25) is 19.6 Å². The van der Waals surface area contributed by atoms with Crippen molar-refractivity contribution < 1.29 is 14.7 Å². The summed E-state index contributed by atoms with van der Waals surface area (Å²) in [6.45, 7) is 2.52. The van der Waals surface area contributed by atoms with Crippen molar-refractivity contribution >= 4 is 17.6 Å². The number of nitrogens with zero attached hydrogens (tertiary/aromatic N) is 2. The summed E-state index contributed by atoms with van der Waals surface area (Å²) < 4.78 is 0. The minimum absolute atomic E-state index is 0.0548. The van der Waals surface area contributed by atoms with Crippen LogP contribution in [0.25, 0.3) is 0 Å². The van der Waals surface area contributed by atoms with Gasteiger partial charge in [0.05, 0.1) is 18.2 Å². The molecule has 1 heterocycles. The third kappa shape index (κ3) is 3.05. The Kier molecular flexibility index (Phi) is 4.55.